The third-order valence-electron chi connectivity index (χ3n) is 2.20. The van der Waals surface area contributed by atoms with Crippen LogP contribution in [0.1, 0.15) is 25.8 Å². The highest BCUT2D eigenvalue weighted by Gasteiger charge is 2.27. The molecule has 13 heavy (non-hydrogen) atoms. The second-order valence-corrected chi connectivity index (χ2v) is 3.92. The Labute approximate surface area is 77.5 Å². The van der Waals surface area contributed by atoms with Crippen molar-refractivity contribution in [2.45, 2.75) is 25.9 Å². The zero-order valence-electron chi connectivity index (χ0n) is 7.80. The number of rotatable bonds is 0. The van der Waals surface area contributed by atoms with Gasteiger partial charge in [0.1, 0.15) is 17.2 Å². The monoisotopic (exact) mass is 179 g/mol. The summed E-state index contributed by atoms with van der Waals surface area (Å²) in [5, 5.41) is 0. The van der Waals surface area contributed by atoms with Gasteiger partial charge in [-0.1, -0.05) is 6.07 Å². The summed E-state index contributed by atoms with van der Waals surface area (Å²) in [6, 6.07) is 4.93. The first-order chi connectivity index (χ1) is 6.08. The topological polar surface area (TPSA) is 9.23 Å². The zero-order chi connectivity index (χ0) is 9.47. The summed E-state index contributed by atoms with van der Waals surface area (Å²) < 4.78 is 18.8. The van der Waals surface area contributed by atoms with Crippen molar-refractivity contribution in [2.75, 3.05) is 0 Å². The van der Waals surface area contributed by atoms with Gasteiger partial charge in [-0.3, -0.25) is 0 Å². The average Bonchev–Trinajstić information content (AvgIpc) is 2.02. The van der Waals surface area contributed by atoms with Gasteiger partial charge in [-0.05, 0) is 32.4 Å². The number of ether oxygens (including phenoxy) is 1. The van der Waals surface area contributed by atoms with Crippen LogP contribution in [0, 0.1) is 12.2 Å². The fraction of sp³-hybridized carbons (Fsp3) is 0.364. The van der Waals surface area contributed by atoms with Crippen LogP contribution >= 0.6 is 0 Å². The molecule has 0 aliphatic carbocycles. The molecule has 1 aromatic rings. The van der Waals surface area contributed by atoms with E-state index in [0.717, 1.165) is 6.42 Å². The van der Waals surface area contributed by atoms with Gasteiger partial charge in [-0.2, -0.15) is 0 Å². The lowest BCUT2D eigenvalue weighted by Crippen LogP contribution is -2.32. The summed E-state index contributed by atoms with van der Waals surface area (Å²) in [5.41, 5.74) is 0.391. The molecule has 0 saturated carbocycles. The van der Waals surface area contributed by atoms with Crippen molar-refractivity contribution in [3.63, 3.8) is 0 Å². The molecule has 0 unspecified atom stereocenters. The van der Waals surface area contributed by atoms with E-state index in [0.29, 0.717) is 11.3 Å². The maximum absolute atomic E-state index is 13.2. The van der Waals surface area contributed by atoms with Crippen molar-refractivity contribution in [3.05, 3.63) is 36.0 Å². The van der Waals surface area contributed by atoms with Crippen LogP contribution in [0.25, 0.3) is 0 Å². The Balaban J connectivity index is 2.42. The van der Waals surface area contributed by atoms with Gasteiger partial charge in [-0.25, -0.2) is 4.39 Å². The van der Waals surface area contributed by atoms with Crippen molar-refractivity contribution < 1.29 is 9.13 Å². The lowest BCUT2D eigenvalue weighted by atomic mass is 9.94. The van der Waals surface area contributed by atoms with E-state index in [4.69, 9.17) is 4.74 Å². The normalized spacial score (nSPS) is 19.0. The predicted molar refractivity (Wildman–Crippen MR) is 49.1 cm³/mol. The molecule has 1 heterocycles. The fourth-order valence-corrected chi connectivity index (χ4v) is 1.49. The Kier molecular flexibility index (Phi) is 1.79. The third kappa shape index (κ3) is 1.53. The molecule has 0 saturated heterocycles. The molecule has 1 radical (unpaired) electrons. The molecule has 0 atom stereocenters. The van der Waals surface area contributed by atoms with Gasteiger partial charge in [0.25, 0.3) is 0 Å². The van der Waals surface area contributed by atoms with E-state index in [1.807, 2.05) is 20.3 Å². The molecule has 0 bridgehead atoms. The van der Waals surface area contributed by atoms with E-state index in [2.05, 4.69) is 0 Å². The maximum atomic E-state index is 13.2. The first-order valence-corrected chi connectivity index (χ1v) is 4.39. The van der Waals surface area contributed by atoms with Crippen molar-refractivity contribution in [3.8, 4) is 5.75 Å². The van der Waals surface area contributed by atoms with Crippen LogP contribution in [0.15, 0.2) is 18.2 Å². The molecule has 0 N–H and O–H groups in total. The Morgan fingerprint density at radius 1 is 1.38 bits per heavy atom. The van der Waals surface area contributed by atoms with Crippen LogP contribution in [0.2, 0.25) is 0 Å². The summed E-state index contributed by atoms with van der Waals surface area (Å²) in [5.74, 6) is 0.448. The fourth-order valence-electron chi connectivity index (χ4n) is 1.49. The molecular formula is C11H12FO. The van der Waals surface area contributed by atoms with E-state index in [1.165, 1.54) is 6.07 Å². The maximum Gasteiger partial charge on any atom is 0.130 e. The Bertz CT molecular complexity index is 331. The van der Waals surface area contributed by atoms with Gasteiger partial charge in [0.2, 0.25) is 0 Å². The molecular weight excluding hydrogens is 167 g/mol. The predicted octanol–water partition coefficient (Wildman–Crippen LogP) is 2.94. The largest absolute Gasteiger partial charge is 0.487 e. The molecule has 2 heteroatoms. The molecule has 1 aliphatic heterocycles. The zero-order valence-corrected chi connectivity index (χ0v) is 7.80. The first-order valence-electron chi connectivity index (χ1n) is 4.39. The second kappa shape index (κ2) is 2.72. The summed E-state index contributed by atoms with van der Waals surface area (Å²) in [7, 11) is 0. The van der Waals surface area contributed by atoms with Crippen molar-refractivity contribution in [2.24, 2.45) is 0 Å². The van der Waals surface area contributed by atoms with Crippen LogP contribution in [-0.2, 0) is 0 Å². The van der Waals surface area contributed by atoms with E-state index in [1.54, 1.807) is 12.1 Å². The number of hydrogen-bond donors (Lipinski definition) is 0. The minimum Gasteiger partial charge on any atom is -0.487 e. The van der Waals surface area contributed by atoms with Gasteiger partial charge >= 0.3 is 0 Å². The standard InChI is InChI=1S/C11H12FO/c1-11(2)7-6-8-9(12)4-3-5-10(8)13-11/h3-6H,7H2,1-2H3. The second-order valence-electron chi connectivity index (χ2n) is 3.92. The van der Waals surface area contributed by atoms with Crippen LogP contribution in [0.5, 0.6) is 5.75 Å². The third-order valence-corrected chi connectivity index (χ3v) is 2.20. The van der Waals surface area contributed by atoms with Crippen molar-refractivity contribution >= 4 is 0 Å². The lowest BCUT2D eigenvalue weighted by molar-refractivity contribution is 0.0977. The average molecular weight is 179 g/mol. The summed E-state index contributed by atoms with van der Waals surface area (Å²) in [6.45, 7) is 3.99. The molecule has 0 amide bonds. The van der Waals surface area contributed by atoms with Gasteiger partial charge < -0.3 is 4.74 Å². The van der Waals surface area contributed by atoms with E-state index in [9.17, 15) is 4.39 Å². The van der Waals surface area contributed by atoms with Crippen molar-refractivity contribution in [1.29, 1.82) is 0 Å². The Morgan fingerprint density at radius 2 is 2.15 bits per heavy atom. The smallest absolute Gasteiger partial charge is 0.130 e. The molecule has 1 aromatic carbocycles. The van der Waals surface area contributed by atoms with Crippen LogP contribution < -0.4 is 4.74 Å². The van der Waals surface area contributed by atoms with Gasteiger partial charge in [0, 0.05) is 12.0 Å². The Hall–Kier alpha value is -1.05. The van der Waals surface area contributed by atoms with Crippen molar-refractivity contribution in [1.82, 2.24) is 0 Å². The SMILES string of the molecule is CC1(C)C[CH]c2c(F)cccc2O1. The molecule has 0 fully saturated rings. The molecule has 0 aromatic heterocycles. The highest BCUT2D eigenvalue weighted by atomic mass is 19.1. The van der Waals surface area contributed by atoms with Gasteiger partial charge in [-0.15, -0.1) is 0 Å². The quantitative estimate of drug-likeness (QED) is 0.595. The first kappa shape index (κ1) is 8.54. The lowest BCUT2D eigenvalue weighted by Gasteiger charge is -2.32. The minimum absolute atomic E-state index is 0.201. The summed E-state index contributed by atoms with van der Waals surface area (Å²) >= 11 is 0. The molecule has 69 valence electrons. The molecule has 1 aliphatic rings. The van der Waals surface area contributed by atoms with Crippen LogP contribution in [-0.4, -0.2) is 5.60 Å². The molecule has 1 nitrogen and oxygen atoms in total. The van der Waals surface area contributed by atoms with E-state index < -0.39 is 0 Å². The number of benzene rings is 1. The number of halogens is 1. The summed E-state index contributed by atoms with van der Waals surface area (Å²) in [4.78, 5) is 0. The molecule has 2 rings (SSSR count). The van der Waals surface area contributed by atoms with E-state index in [-0.39, 0.29) is 11.4 Å². The minimum atomic E-state index is -0.208. The summed E-state index contributed by atoms with van der Waals surface area (Å²) in [6.07, 6.45) is 2.65. The Morgan fingerprint density at radius 3 is 2.92 bits per heavy atom. The highest BCUT2D eigenvalue weighted by molar-refractivity contribution is 5.42. The van der Waals surface area contributed by atoms with Gasteiger partial charge in [0.05, 0.1) is 0 Å². The molecule has 0 spiro atoms. The number of hydrogen-bond acceptors (Lipinski definition) is 1. The van der Waals surface area contributed by atoms with E-state index >= 15 is 0 Å². The van der Waals surface area contributed by atoms with Crippen LogP contribution in [0.3, 0.4) is 0 Å². The highest BCUT2D eigenvalue weighted by Crippen LogP contribution is 2.35. The van der Waals surface area contributed by atoms with Crippen LogP contribution in [0.4, 0.5) is 4.39 Å². The van der Waals surface area contributed by atoms with Gasteiger partial charge in [0.15, 0.2) is 0 Å². The number of fused-ring (bicyclic) bond motifs is 1.